The van der Waals surface area contributed by atoms with E-state index in [0.717, 1.165) is 25.9 Å². The number of furan rings is 1. The number of carbonyl (C=O) groups is 1. The van der Waals surface area contributed by atoms with Crippen LogP contribution in [-0.4, -0.2) is 33.7 Å². The first kappa shape index (κ1) is 14.6. The Morgan fingerprint density at radius 2 is 2.27 bits per heavy atom. The Hall–Kier alpha value is -2.37. The summed E-state index contributed by atoms with van der Waals surface area (Å²) in [5.41, 5.74) is 0.262. The molecule has 1 aliphatic rings. The molecular formula is C16H19N3O3. The van der Waals surface area contributed by atoms with E-state index in [0.29, 0.717) is 17.4 Å². The fraction of sp³-hybridized carbons (Fsp3) is 0.438. The van der Waals surface area contributed by atoms with Gasteiger partial charge in [-0.2, -0.15) is 5.10 Å². The summed E-state index contributed by atoms with van der Waals surface area (Å²) in [4.78, 5) is 26.1. The van der Waals surface area contributed by atoms with E-state index >= 15 is 0 Å². The van der Waals surface area contributed by atoms with E-state index in [4.69, 9.17) is 4.42 Å². The molecule has 1 amide bonds. The molecule has 116 valence electrons. The van der Waals surface area contributed by atoms with Gasteiger partial charge in [0.2, 0.25) is 5.91 Å². The molecule has 0 saturated carbocycles. The number of piperidine rings is 1. The Balaban J connectivity index is 1.78. The van der Waals surface area contributed by atoms with Crippen LogP contribution in [0.2, 0.25) is 0 Å². The van der Waals surface area contributed by atoms with Crippen LogP contribution < -0.4 is 5.56 Å². The first-order valence-electron chi connectivity index (χ1n) is 7.53. The van der Waals surface area contributed by atoms with Crippen molar-refractivity contribution >= 4 is 5.91 Å². The molecule has 3 heterocycles. The summed E-state index contributed by atoms with van der Waals surface area (Å²) in [5, 5.41) is 4.23. The van der Waals surface area contributed by atoms with Gasteiger partial charge in [0.05, 0.1) is 6.26 Å². The summed E-state index contributed by atoms with van der Waals surface area (Å²) < 4.78 is 6.48. The molecule has 22 heavy (non-hydrogen) atoms. The number of likely N-dealkylation sites (tertiary alicyclic amines) is 1. The van der Waals surface area contributed by atoms with Gasteiger partial charge in [0.1, 0.15) is 12.2 Å². The van der Waals surface area contributed by atoms with Crippen LogP contribution >= 0.6 is 0 Å². The largest absolute Gasteiger partial charge is 0.463 e. The van der Waals surface area contributed by atoms with Gasteiger partial charge in [-0.15, -0.1) is 0 Å². The summed E-state index contributed by atoms with van der Waals surface area (Å²) in [5.74, 6) is 1.03. The van der Waals surface area contributed by atoms with Crippen LogP contribution in [0.4, 0.5) is 0 Å². The van der Waals surface area contributed by atoms with Gasteiger partial charge >= 0.3 is 0 Å². The minimum atomic E-state index is -0.284. The van der Waals surface area contributed by atoms with Gasteiger partial charge in [-0.1, -0.05) is 6.92 Å². The molecule has 0 aliphatic carbocycles. The molecule has 2 aromatic heterocycles. The molecule has 0 N–H and O–H groups in total. The lowest BCUT2D eigenvalue weighted by atomic mass is 10.0. The van der Waals surface area contributed by atoms with Crippen LogP contribution in [0, 0.1) is 5.92 Å². The highest BCUT2D eigenvalue weighted by Crippen LogP contribution is 2.17. The van der Waals surface area contributed by atoms with E-state index in [-0.39, 0.29) is 18.0 Å². The Bertz CT molecular complexity index is 706. The first-order chi connectivity index (χ1) is 10.6. The quantitative estimate of drug-likeness (QED) is 0.866. The fourth-order valence-corrected chi connectivity index (χ4v) is 2.76. The van der Waals surface area contributed by atoms with Crippen molar-refractivity contribution in [3.8, 4) is 11.5 Å². The van der Waals surface area contributed by atoms with Crippen molar-refractivity contribution < 1.29 is 9.21 Å². The molecule has 6 nitrogen and oxygen atoms in total. The Morgan fingerprint density at radius 1 is 1.41 bits per heavy atom. The molecule has 0 aromatic carbocycles. The minimum absolute atomic E-state index is 0.0277. The van der Waals surface area contributed by atoms with Gasteiger partial charge in [-0.05, 0) is 37.0 Å². The molecule has 1 aliphatic heterocycles. The predicted octanol–water partition coefficient (Wildman–Crippen LogP) is 1.76. The topological polar surface area (TPSA) is 68.3 Å². The van der Waals surface area contributed by atoms with Gasteiger partial charge < -0.3 is 9.32 Å². The Kier molecular flexibility index (Phi) is 4.09. The van der Waals surface area contributed by atoms with Crippen molar-refractivity contribution in [2.75, 3.05) is 13.1 Å². The summed E-state index contributed by atoms with van der Waals surface area (Å²) in [6.07, 6.45) is 3.71. The van der Waals surface area contributed by atoms with Gasteiger partial charge in [0, 0.05) is 19.2 Å². The monoisotopic (exact) mass is 301 g/mol. The second kappa shape index (κ2) is 6.17. The maximum atomic E-state index is 12.4. The third-order valence-corrected chi connectivity index (χ3v) is 3.93. The second-order valence-corrected chi connectivity index (χ2v) is 5.78. The van der Waals surface area contributed by atoms with Crippen molar-refractivity contribution in [1.82, 2.24) is 14.7 Å². The summed E-state index contributed by atoms with van der Waals surface area (Å²) in [7, 11) is 0. The molecule has 1 atom stereocenters. The van der Waals surface area contributed by atoms with E-state index in [1.165, 1.54) is 10.7 Å². The predicted molar refractivity (Wildman–Crippen MR) is 81.2 cm³/mol. The zero-order valence-electron chi connectivity index (χ0n) is 12.6. The van der Waals surface area contributed by atoms with Crippen LogP contribution in [0.25, 0.3) is 11.5 Å². The molecule has 1 unspecified atom stereocenters. The van der Waals surface area contributed by atoms with E-state index < -0.39 is 0 Å². The van der Waals surface area contributed by atoms with E-state index in [1.807, 2.05) is 4.90 Å². The Labute approximate surface area is 128 Å². The third-order valence-electron chi connectivity index (χ3n) is 3.93. The lowest BCUT2D eigenvalue weighted by molar-refractivity contribution is -0.133. The zero-order valence-corrected chi connectivity index (χ0v) is 12.6. The van der Waals surface area contributed by atoms with E-state index in [9.17, 15) is 9.59 Å². The van der Waals surface area contributed by atoms with Crippen molar-refractivity contribution in [2.45, 2.75) is 26.3 Å². The van der Waals surface area contributed by atoms with Crippen molar-refractivity contribution in [3.63, 3.8) is 0 Å². The lowest BCUT2D eigenvalue weighted by Crippen LogP contribution is -2.42. The van der Waals surface area contributed by atoms with Gasteiger partial charge in [-0.25, -0.2) is 4.68 Å². The number of amides is 1. The van der Waals surface area contributed by atoms with Crippen LogP contribution in [0.1, 0.15) is 19.8 Å². The molecule has 0 spiro atoms. The molecule has 1 saturated heterocycles. The lowest BCUT2D eigenvalue weighted by Gasteiger charge is -2.30. The number of nitrogens with zero attached hydrogens (tertiary/aromatic N) is 3. The fourth-order valence-electron chi connectivity index (χ4n) is 2.76. The van der Waals surface area contributed by atoms with Gasteiger partial charge in [0.25, 0.3) is 5.56 Å². The standard InChI is InChI=1S/C16H19N3O3/c1-12-4-2-8-18(10-12)16(21)11-19-15(20)7-6-13(17-19)14-5-3-9-22-14/h3,5-7,9,12H,2,4,8,10-11H2,1H3. The molecule has 3 rings (SSSR count). The number of hydrogen-bond donors (Lipinski definition) is 0. The van der Waals surface area contributed by atoms with Gasteiger partial charge in [-0.3, -0.25) is 9.59 Å². The minimum Gasteiger partial charge on any atom is -0.463 e. The van der Waals surface area contributed by atoms with Crippen LogP contribution in [-0.2, 0) is 11.3 Å². The third kappa shape index (κ3) is 3.10. The number of carbonyl (C=O) groups excluding carboxylic acids is 1. The highest BCUT2D eigenvalue weighted by Gasteiger charge is 2.21. The zero-order chi connectivity index (χ0) is 15.5. The maximum Gasteiger partial charge on any atom is 0.267 e. The second-order valence-electron chi connectivity index (χ2n) is 5.78. The number of rotatable bonds is 3. The van der Waals surface area contributed by atoms with Crippen LogP contribution in [0.15, 0.2) is 39.7 Å². The van der Waals surface area contributed by atoms with Crippen LogP contribution in [0.5, 0.6) is 0 Å². The van der Waals surface area contributed by atoms with Crippen molar-refractivity contribution in [1.29, 1.82) is 0 Å². The molecule has 0 bridgehead atoms. The number of hydrogen-bond acceptors (Lipinski definition) is 4. The Morgan fingerprint density at radius 3 is 3.00 bits per heavy atom. The van der Waals surface area contributed by atoms with Crippen molar-refractivity contribution in [3.05, 3.63) is 40.9 Å². The molecular weight excluding hydrogens is 282 g/mol. The maximum absolute atomic E-state index is 12.4. The van der Waals surface area contributed by atoms with E-state index in [2.05, 4.69) is 12.0 Å². The highest BCUT2D eigenvalue weighted by atomic mass is 16.3. The molecule has 6 heteroatoms. The molecule has 1 fully saturated rings. The first-order valence-corrected chi connectivity index (χ1v) is 7.53. The van der Waals surface area contributed by atoms with Crippen molar-refractivity contribution in [2.24, 2.45) is 5.92 Å². The highest BCUT2D eigenvalue weighted by molar-refractivity contribution is 5.76. The summed E-state index contributed by atoms with van der Waals surface area (Å²) in [6, 6.07) is 6.54. The molecule has 0 radical (unpaired) electrons. The van der Waals surface area contributed by atoms with E-state index in [1.54, 1.807) is 24.5 Å². The summed E-state index contributed by atoms with van der Waals surface area (Å²) >= 11 is 0. The van der Waals surface area contributed by atoms with Crippen LogP contribution in [0.3, 0.4) is 0 Å². The smallest absolute Gasteiger partial charge is 0.267 e. The average Bonchev–Trinajstić information content (AvgIpc) is 3.04. The average molecular weight is 301 g/mol. The SMILES string of the molecule is CC1CCCN(C(=O)Cn2nc(-c3ccco3)ccc2=O)C1. The van der Waals surface area contributed by atoms with Gasteiger partial charge in [0.15, 0.2) is 5.76 Å². The normalized spacial score (nSPS) is 18.4. The summed E-state index contributed by atoms with van der Waals surface area (Å²) in [6.45, 7) is 3.63. The number of aromatic nitrogens is 2. The molecule has 2 aromatic rings.